The summed E-state index contributed by atoms with van der Waals surface area (Å²) >= 11 is 0. The number of hydrogen-bond acceptors (Lipinski definition) is 3. The molecule has 29 heavy (non-hydrogen) atoms. The zero-order valence-electron chi connectivity index (χ0n) is 17.4. The Morgan fingerprint density at radius 2 is 1.72 bits per heavy atom. The topological polar surface area (TPSA) is 52.7 Å². The van der Waals surface area contributed by atoms with Crippen LogP contribution < -0.4 is 5.32 Å². The molecule has 3 rings (SSSR count). The monoisotopic (exact) mass is 391 g/mol. The number of carbonyl (C=O) groups is 2. The third-order valence-corrected chi connectivity index (χ3v) is 5.39. The van der Waals surface area contributed by atoms with Crippen LogP contribution in [0.3, 0.4) is 0 Å². The molecule has 1 saturated heterocycles. The summed E-state index contributed by atoms with van der Waals surface area (Å²) < 4.78 is 0. The lowest BCUT2D eigenvalue weighted by Gasteiger charge is -2.33. The Morgan fingerprint density at radius 1 is 1.00 bits per heavy atom. The van der Waals surface area contributed by atoms with E-state index in [-0.39, 0.29) is 11.8 Å². The summed E-state index contributed by atoms with van der Waals surface area (Å²) in [7, 11) is 0. The first-order valence-corrected chi connectivity index (χ1v) is 10.0. The molecular formula is C24H29N3O2. The second-order valence-electron chi connectivity index (χ2n) is 7.64. The third-order valence-electron chi connectivity index (χ3n) is 5.39. The van der Waals surface area contributed by atoms with Gasteiger partial charge in [0.2, 0.25) is 11.8 Å². The van der Waals surface area contributed by atoms with Gasteiger partial charge in [-0.1, -0.05) is 42.0 Å². The fourth-order valence-corrected chi connectivity index (χ4v) is 3.45. The number of amides is 2. The van der Waals surface area contributed by atoms with Crippen molar-refractivity contribution in [2.24, 2.45) is 0 Å². The molecule has 5 nitrogen and oxygen atoms in total. The van der Waals surface area contributed by atoms with Crippen LogP contribution in [-0.4, -0.2) is 54.3 Å². The van der Waals surface area contributed by atoms with Crippen LogP contribution in [0.5, 0.6) is 0 Å². The summed E-state index contributed by atoms with van der Waals surface area (Å²) in [6.45, 7) is 9.09. The summed E-state index contributed by atoms with van der Waals surface area (Å²) in [6.07, 6.45) is 3.50. The van der Waals surface area contributed by atoms with Gasteiger partial charge in [-0.25, -0.2) is 0 Å². The van der Waals surface area contributed by atoms with Gasteiger partial charge in [-0.3, -0.25) is 14.5 Å². The van der Waals surface area contributed by atoms with Gasteiger partial charge in [-0.15, -0.1) is 0 Å². The molecule has 0 atom stereocenters. The number of aryl methyl sites for hydroxylation is 2. The average molecular weight is 392 g/mol. The highest BCUT2D eigenvalue weighted by molar-refractivity contribution is 5.93. The lowest BCUT2D eigenvalue weighted by Crippen LogP contribution is -2.50. The molecule has 5 heteroatoms. The summed E-state index contributed by atoms with van der Waals surface area (Å²) in [4.78, 5) is 28.8. The molecule has 152 valence electrons. The zero-order valence-corrected chi connectivity index (χ0v) is 17.4. The van der Waals surface area contributed by atoms with Crippen LogP contribution in [0.1, 0.15) is 22.3 Å². The maximum atomic E-state index is 12.4. The predicted octanol–water partition coefficient (Wildman–Crippen LogP) is 3.41. The van der Waals surface area contributed by atoms with E-state index in [1.807, 2.05) is 68.1 Å². The predicted molar refractivity (Wildman–Crippen MR) is 118 cm³/mol. The van der Waals surface area contributed by atoms with E-state index in [4.69, 9.17) is 0 Å². The largest absolute Gasteiger partial charge is 0.337 e. The van der Waals surface area contributed by atoms with Crippen LogP contribution in [0.15, 0.2) is 48.5 Å². The van der Waals surface area contributed by atoms with E-state index < -0.39 is 0 Å². The molecule has 0 saturated carbocycles. The molecule has 0 spiro atoms. The van der Waals surface area contributed by atoms with Gasteiger partial charge in [-0.2, -0.15) is 0 Å². The highest BCUT2D eigenvalue weighted by atomic mass is 16.2. The van der Waals surface area contributed by atoms with Crippen molar-refractivity contribution in [2.45, 2.75) is 20.8 Å². The van der Waals surface area contributed by atoms with E-state index in [1.54, 1.807) is 6.08 Å². The number of piperazine rings is 1. The minimum atomic E-state index is -0.0159. The van der Waals surface area contributed by atoms with Crippen molar-refractivity contribution in [3.05, 3.63) is 70.8 Å². The number of carbonyl (C=O) groups excluding carboxylic acids is 2. The first-order valence-electron chi connectivity index (χ1n) is 10.0. The molecule has 1 fully saturated rings. The van der Waals surface area contributed by atoms with Crippen LogP contribution in [0.2, 0.25) is 0 Å². The quantitative estimate of drug-likeness (QED) is 0.795. The number of nitrogens with zero attached hydrogens (tertiary/aromatic N) is 2. The molecule has 1 aliphatic heterocycles. The fraction of sp³-hybridized carbons (Fsp3) is 0.333. The van der Waals surface area contributed by atoms with E-state index >= 15 is 0 Å². The Labute approximate surface area is 173 Å². The molecule has 1 N–H and O–H groups in total. The van der Waals surface area contributed by atoms with Crippen LogP contribution in [-0.2, 0) is 9.59 Å². The molecule has 0 bridgehead atoms. The Hall–Kier alpha value is -2.92. The number of benzene rings is 2. The SMILES string of the molecule is Cc1cccc(/C=C/C(=O)N2CCN(CC(=O)Nc3cccc(C)c3C)CC2)c1. The maximum Gasteiger partial charge on any atom is 0.246 e. The van der Waals surface area contributed by atoms with Gasteiger partial charge in [0, 0.05) is 37.9 Å². The molecule has 0 radical (unpaired) electrons. The first-order chi connectivity index (χ1) is 13.9. The van der Waals surface area contributed by atoms with Crippen molar-refractivity contribution < 1.29 is 9.59 Å². The van der Waals surface area contributed by atoms with Gasteiger partial charge in [0.25, 0.3) is 0 Å². The van der Waals surface area contributed by atoms with Crippen LogP contribution in [0.25, 0.3) is 6.08 Å². The van der Waals surface area contributed by atoms with Crippen molar-refractivity contribution in [3.63, 3.8) is 0 Å². The Balaban J connectivity index is 1.46. The Bertz CT molecular complexity index is 912. The summed E-state index contributed by atoms with van der Waals surface area (Å²) in [5.41, 5.74) is 5.32. The molecule has 1 aliphatic rings. The summed E-state index contributed by atoms with van der Waals surface area (Å²) in [5.74, 6) is 0.00353. The van der Waals surface area contributed by atoms with E-state index in [0.29, 0.717) is 32.7 Å². The van der Waals surface area contributed by atoms with Crippen molar-refractivity contribution in [3.8, 4) is 0 Å². The maximum absolute atomic E-state index is 12.4. The standard InChI is InChI=1S/C24H29N3O2/c1-18-6-4-8-21(16-18)10-11-24(29)27-14-12-26(13-15-27)17-23(28)25-22-9-5-7-19(2)20(22)3/h4-11,16H,12-15,17H2,1-3H3,(H,25,28)/b11-10+. The van der Waals surface area contributed by atoms with Gasteiger partial charge in [0.05, 0.1) is 6.54 Å². The number of hydrogen-bond donors (Lipinski definition) is 1. The smallest absolute Gasteiger partial charge is 0.246 e. The van der Waals surface area contributed by atoms with Crippen molar-refractivity contribution in [1.82, 2.24) is 9.80 Å². The summed E-state index contributed by atoms with van der Waals surface area (Å²) in [5, 5.41) is 3.00. The number of anilines is 1. The minimum absolute atomic E-state index is 0.0159. The van der Waals surface area contributed by atoms with Crippen molar-refractivity contribution in [2.75, 3.05) is 38.0 Å². The number of nitrogens with one attached hydrogen (secondary N) is 1. The van der Waals surface area contributed by atoms with Gasteiger partial charge < -0.3 is 10.2 Å². The van der Waals surface area contributed by atoms with Gasteiger partial charge in [-0.05, 0) is 49.6 Å². The lowest BCUT2D eigenvalue weighted by atomic mass is 10.1. The molecule has 2 aromatic rings. The first kappa shape index (κ1) is 20.8. The molecule has 2 aromatic carbocycles. The van der Waals surface area contributed by atoms with Crippen LogP contribution in [0, 0.1) is 20.8 Å². The third kappa shape index (κ3) is 5.78. The molecule has 0 aliphatic carbocycles. The van der Waals surface area contributed by atoms with E-state index in [1.165, 1.54) is 5.56 Å². The highest BCUT2D eigenvalue weighted by Crippen LogP contribution is 2.18. The van der Waals surface area contributed by atoms with Crippen molar-refractivity contribution >= 4 is 23.6 Å². The second kappa shape index (κ2) is 9.52. The van der Waals surface area contributed by atoms with Gasteiger partial charge >= 0.3 is 0 Å². The van der Waals surface area contributed by atoms with Crippen LogP contribution in [0.4, 0.5) is 5.69 Å². The average Bonchev–Trinajstić information content (AvgIpc) is 2.70. The molecule has 1 heterocycles. The van der Waals surface area contributed by atoms with Crippen LogP contribution >= 0.6 is 0 Å². The molecule has 0 aromatic heterocycles. The van der Waals surface area contributed by atoms with E-state index in [2.05, 4.69) is 16.3 Å². The van der Waals surface area contributed by atoms with Gasteiger partial charge in [0.1, 0.15) is 0 Å². The summed E-state index contributed by atoms with van der Waals surface area (Å²) in [6, 6.07) is 14.0. The zero-order chi connectivity index (χ0) is 20.8. The highest BCUT2D eigenvalue weighted by Gasteiger charge is 2.21. The lowest BCUT2D eigenvalue weighted by molar-refractivity contribution is -0.127. The molecule has 2 amide bonds. The van der Waals surface area contributed by atoms with Gasteiger partial charge in [0.15, 0.2) is 0 Å². The van der Waals surface area contributed by atoms with Crippen molar-refractivity contribution in [1.29, 1.82) is 0 Å². The Kier molecular flexibility index (Phi) is 6.83. The second-order valence-corrected chi connectivity index (χ2v) is 7.64. The van der Waals surface area contributed by atoms with E-state index in [0.717, 1.165) is 22.4 Å². The molecular weight excluding hydrogens is 362 g/mol. The fourth-order valence-electron chi connectivity index (χ4n) is 3.45. The normalized spacial score (nSPS) is 14.9. The number of rotatable bonds is 5. The minimum Gasteiger partial charge on any atom is -0.337 e. The molecule has 0 unspecified atom stereocenters. The van der Waals surface area contributed by atoms with E-state index in [9.17, 15) is 9.59 Å². The Morgan fingerprint density at radius 3 is 2.45 bits per heavy atom.